The molecule has 5 atom stereocenters. The molecule has 59 heavy (non-hydrogen) atoms. The molecule has 3 aromatic heterocycles. The first-order valence-corrected chi connectivity index (χ1v) is 22.7. The summed E-state index contributed by atoms with van der Waals surface area (Å²) in [4.78, 5) is 72.0. The van der Waals surface area contributed by atoms with E-state index in [0.29, 0.717) is 36.0 Å². The number of carbonyl (C=O) groups excluding carboxylic acids is 4. The molecule has 0 bridgehead atoms. The van der Waals surface area contributed by atoms with E-state index in [1.165, 1.54) is 28.4 Å². The first-order chi connectivity index (χ1) is 28.5. The van der Waals surface area contributed by atoms with Crippen molar-refractivity contribution in [2.45, 2.75) is 105 Å². The molecule has 310 valence electrons. The zero-order chi connectivity index (χ0) is 41.1. The molecule has 1 unspecified atom stereocenters. The number of benzene rings is 1. The molecule has 1 aromatic carbocycles. The minimum Gasteiger partial charge on any atom is -0.471 e. The Labute approximate surface area is 350 Å². The van der Waals surface area contributed by atoms with Gasteiger partial charge in [-0.3, -0.25) is 14.4 Å². The molecule has 2 aliphatic carbocycles. The number of sulfonamides is 1. The molecule has 2 aliphatic heterocycles. The number of amides is 4. The maximum absolute atomic E-state index is 14.7. The van der Waals surface area contributed by atoms with E-state index in [2.05, 4.69) is 20.3 Å². The van der Waals surface area contributed by atoms with Crippen LogP contribution in [0.25, 0.3) is 21.6 Å². The summed E-state index contributed by atoms with van der Waals surface area (Å²) < 4.78 is 41.1. The second-order valence-electron chi connectivity index (χ2n) is 15.4. The van der Waals surface area contributed by atoms with E-state index in [-0.39, 0.29) is 41.4 Å². The number of allylic oxidation sites excluding steroid dienone is 1. The third kappa shape index (κ3) is 9.06. The number of hydrogen-bond acceptors (Lipinski definition) is 12. The van der Waals surface area contributed by atoms with Crippen molar-refractivity contribution in [3.8, 4) is 16.5 Å². The molecule has 1 saturated heterocycles. The molecule has 4 aromatic rings. The van der Waals surface area contributed by atoms with Gasteiger partial charge in [0.2, 0.25) is 17.7 Å². The Kier molecular flexibility index (Phi) is 11.9. The SMILES string of the molecule is O=C(N[C@@H]1CCCCC/C=C\C2C[C@@]2(C(=O)NS(=O)(=O)c2ccc(Cl)nc2)NC(=O)[C@@H]2C[C@@H](Oc3nc4ccccc4nc3-c3cccs3)CN2C1=O)OC1CCCC1. The van der Waals surface area contributed by atoms with Gasteiger partial charge in [0, 0.05) is 18.5 Å². The van der Waals surface area contributed by atoms with Crippen molar-refractivity contribution >= 4 is 67.8 Å². The summed E-state index contributed by atoms with van der Waals surface area (Å²) in [6.45, 7) is -0.0500. The monoisotopic (exact) mass is 861 g/mol. The maximum atomic E-state index is 14.7. The summed E-state index contributed by atoms with van der Waals surface area (Å²) in [5.74, 6) is -2.39. The molecule has 0 radical (unpaired) electrons. The lowest BCUT2D eigenvalue weighted by molar-refractivity contribution is -0.141. The zero-order valence-corrected chi connectivity index (χ0v) is 34.4. The Morgan fingerprint density at radius 1 is 0.949 bits per heavy atom. The average Bonchev–Trinajstić information content (AvgIpc) is 3.71. The highest BCUT2D eigenvalue weighted by molar-refractivity contribution is 7.90. The van der Waals surface area contributed by atoms with Gasteiger partial charge >= 0.3 is 6.09 Å². The quantitative estimate of drug-likeness (QED) is 0.145. The fourth-order valence-electron chi connectivity index (χ4n) is 8.09. The van der Waals surface area contributed by atoms with Gasteiger partial charge in [-0.2, -0.15) is 0 Å². The van der Waals surface area contributed by atoms with Gasteiger partial charge in [-0.1, -0.05) is 54.8 Å². The second-order valence-corrected chi connectivity index (χ2v) is 18.4. The van der Waals surface area contributed by atoms with E-state index in [1.807, 2.05) is 53.9 Å². The normalized spacial score (nSPS) is 25.8. The largest absolute Gasteiger partial charge is 0.471 e. The van der Waals surface area contributed by atoms with Crippen molar-refractivity contribution in [3.63, 3.8) is 0 Å². The van der Waals surface area contributed by atoms with Crippen LogP contribution in [0, 0.1) is 5.92 Å². The summed E-state index contributed by atoms with van der Waals surface area (Å²) in [6, 6.07) is 11.5. The van der Waals surface area contributed by atoms with Crippen LogP contribution in [0.4, 0.5) is 4.79 Å². The van der Waals surface area contributed by atoms with Gasteiger partial charge in [0.05, 0.1) is 22.5 Å². The molecule has 3 N–H and O–H groups in total. The van der Waals surface area contributed by atoms with Gasteiger partial charge in [-0.05, 0) is 87.1 Å². The molecular formula is C41H44ClN7O8S2. The van der Waals surface area contributed by atoms with Crippen LogP contribution in [0.3, 0.4) is 0 Å². The first kappa shape index (κ1) is 40.6. The third-order valence-electron chi connectivity index (χ3n) is 11.3. The Hall–Kier alpha value is -5.13. The van der Waals surface area contributed by atoms with E-state index in [1.54, 1.807) is 0 Å². The summed E-state index contributed by atoms with van der Waals surface area (Å²) in [7, 11) is -4.40. The highest BCUT2D eigenvalue weighted by Gasteiger charge is 2.61. The van der Waals surface area contributed by atoms with Crippen molar-refractivity contribution in [1.82, 2.24) is 35.2 Å². The van der Waals surface area contributed by atoms with Crippen LogP contribution in [0.15, 0.2) is 77.2 Å². The van der Waals surface area contributed by atoms with Crippen LogP contribution in [-0.2, 0) is 29.1 Å². The number of halogens is 1. The van der Waals surface area contributed by atoms with Crippen LogP contribution in [0.5, 0.6) is 5.88 Å². The van der Waals surface area contributed by atoms with E-state index < -0.39 is 63.5 Å². The fraction of sp³-hybridized carbons (Fsp3) is 0.439. The fourth-order valence-corrected chi connectivity index (χ4v) is 9.89. The Morgan fingerprint density at radius 3 is 2.47 bits per heavy atom. The Morgan fingerprint density at radius 2 is 1.73 bits per heavy atom. The second kappa shape index (κ2) is 17.2. The van der Waals surface area contributed by atoms with Gasteiger partial charge in [0.25, 0.3) is 15.9 Å². The minimum atomic E-state index is -4.40. The highest BCUT2D eigenvalue weighted by Crippen LogP contribution is 2.46. The first-order valence-electron chi connectivity index (χ1n) is 19.9. The average molecular weight is 862 g/mol. The van der Waals surface area contributed by atoms with Crippen molar-refractivity contribution in [2.24, 2.45) is 5.92 Å². The number of alkyl carbamates (subject to hydrolysis) is 1. The predicted octanol–water partition coefficient (Wildman–Crippen LogP) is 5.69. The van der Waals surface area contributed by atoms with E-state index in [0.717, 1.165) is 49.6 Å². The topological polar surface area (TPSA) is 199 Å². The number of ether oxygens (including phenoxy) is 2. The Balaban J connectivity index is 1.11. The van der Waals surface area contributed by atoms with Gasteiger partial charge in [0.15, 0.2) is 0 Å². The number of thiophene rings is 1. The summed E-state index contributed by atoms with van der Waals surface area (Å²) in [5.41, 5.74) is 0.141. The standard InChI is InChI=1S/C41H44ClN7O8S2/c42-34-19-18-28(23-43-34)59(54,55)48-39(52)41-22-25(41)11-4-2-1-3-5-16-31(46-40(53)57-26-12-6-7-13-26)38(51)49-24-27(21-32(49)36(50)47-41)56-37-35(33-17-10-20-58-33)44-29-14-8-9-15-30(29)45-37/h4,8-11,14-15,17-20,23,25-27,31-32H,1-3,5-7,12-13,16,21-22,24H2,(H,46,53)(H,47,50)(H,48,52)/b11-4-/t25?,27-,31-,32+,41-/m1/s1. The lowest BCUT2D eigenvalue weighted by Gasteiger charge is -2.30. The lowest BCUT2D eigenvalue weighted by Crippen LogP contribution is -2.58. The number of aromatic nitrogens is 3. The molecule has 0 spiro atoms. The molecule has 18 heteroatoms. The van der Waals surface area contributed by atoms with Gasteiger partial charge in [0.1, 0.15) is 45.6 Å². The number of nitrogens with zero attached hydrogens (tertiary/aromatic N) is 4. The number of nitrogens with one attached hydrogen (secondary N) is 3. The maximum Gasteiger partial charge on any atom is 0.408 e. The van der Waals surface area contributed by atoms with Crippen LogP contribution in [0.1, 0.15) is 70.6 Å². The molecule has 4 aliphatic rings. The number of para-hydroxylation sites is 2. The van der Waals surface area contributed by atoms with Crippen molar-refractivity contribution < 1.29 is 37.1 Å². The predicted molar refractivity (Wildman–Crippen MR) is 219 cm³/mol. The number of fused-ring (bicyclic) bond motifs is 3. The molecule has 15 nitrogen and oxygen atoms in total. The molecule has 3 fully saturated rings. The summed E-state index contributed by atoms with van der Waals surface area (Å²) >= 11 is 7.33. The highest BCUT2D eigenvalue weighted by atomic mass is 35.5. The molecular weight excluding hydrogens is 818 g/mol. The van der Waals surface area contributed by atoms with Gasteiger partial charge in [-0.15, -0.1) is 11.3 Å². The molecule has 5 heterocycles. The molecule has 4 amide bonds. The number of hydrogen-bond donors (Lipinski definition) is 3. The van der Waals surface area contributed by atoms with Crippen molar-refractivity contribution in [3.05, 3.63) is 77.4 Å². The summed E-state index contributed by atoms with van der Waals surface area (Å²) in [5, 5.41) is 7.67. The van der Waals surface area contributed by atoms with Crippen LogP contribution in [-0.4, -0.2) is 88.5 Å². The number of pyridine rings is 1. The Bertz CT molecular complexity index is 2360. The number of carbonyl (C=O) groups is 4. The van der Waals surface area contributed by atoms with E-state index >= 15 is 0 Å². The summed E-state index contributed by atoms with van der Waals surface area (Å²) in [6.07, 6.45) is 9.77. The van der Waals surface area contributed by atoms with E-state index in [4.69, 9.17) is 31.0 Å². The third-order valence-corrected chi connectivity index (χ3v) is 13.7. The van der Waals surface area contributed by atoms with E-state index in [9.17, 15) is 27.6 Å². The number of rotatable bonds is 8. The zero-order valence-electron chi connectivity index (χ0n) is 32.0. The molecule has 8 rings (SSSR count). The minimum absolute atomic E-state index is 0.00213. The smallest absolute Gasteiger partial charge is 0.408 e. The van der Waals surface area contributed by atoms with Crippen LogP contribution in [0.2, 0.25) is 5.15 Å². The van der Waals surface area contributed by atoms with Crippen molar-refractivity contribution in [2.75, 3.05) is 6.54 Å². The van der Waals surface area contributed by atoms with Gasteiger partial charge in [-0.25, -0.2) is 32.9 Å². The molecule has 2 saturated carbocycles. The van der Waals surface area contributed by atoms with Crippen LogP contribution < -0.4 is 20.1 Å². The van der Waals surface area contributed by atoms with Crippen molar-refractivity contribution in [1.29, 1.82) is 0 Å². The lowest BCUT2D eigenvalue weighted by atomic mass is 10.0. The van der Waals surface area contributed by atoms with Gasteiger partial charge < -0.3 is 25.0 Å². The van der Waals surface area contributed by atoms with Crippen LogP contribution >= 0.6 is 22.9 Å².